The molecule has 0 heterocycles. The number of amides is 2. The van der Waals surface area contributed by atoms with Crippen molar-refractivity contribution in [3.8, 4) is 5.75 Å². The monoisotopic (exact) mass is 263 g/mol. The summed E-state index contributed by atoms with van der Waals surface area (Å²) in [6.07, 6.45) is 1.52. The second kappa shape index (κ2) is 8.66. The smallest absolute Gasteiger partial charge is 0.319 e. The van der Waals surface area contributed by atoms with Crippen LogP contribution in [0.2, 0.25) is 0 Å². The molecule has 0 aliphatic carbocycles. The van der Waals surface area contributed by atoms with Gasteiger partial charge >= 0.3 is 6.03 Å². The molecule has 2 amide bonds. The fourth-order valence-electron chi connectivity index (χ4n) is 1.43. The molecule has 0 spiro atoms. The molecule has 0 saturated heterocycles. The topological polar surface area (TPSA) is 99.1 Å². The lowest BCUT2D eigenvalue weighted by Gasteiger charge is -2.08. The van der Waals surface area contributed by atoms with E-state index in [4.69, 9.17) is 10.3 Å². The zero-order valence-corrected chi connectivity index (χ0v) is 10.8. The maximum absolute atomic E-state index is 11.6. The quantitative estimate of drug-likeness (QED) is 0.342. The number of nitrogens with one attached hydrogen (secondary N) is 2. The summed E-state index contributed by atoms with van der Waals surface area (Å²) in [5.74, 6) is 0.687. The predicted octanol–water partition coefficient (Wildman–Crippen LogP) is 2.91. The maximum atomic E-state index is 11.6. The zero-order valence-electron chi connectivity index (χ0n) is 10.8. The number of unbranched alkanes of at least 4 members (excludes halogenated alkanes) is 1. The number of azide groups is 1. The van der Waals surface area contributed by atoms with E-state index >= 15 is 0 Å². The van der Waals surface area contributed by atoms with Crippen LogP contribution in [0.1, 0.15) is 12.8 Å². The Kier molecular flexibility index (Phi) is 6.68. The van der Waals surface area contributed by atoms with Gasteiger partial charge in [0.2, 0.25) is 0 Å². The molecule has 7 heteroatoms. The number of nitrogens with zero attached hydrogens (tertiary/aromatic N) is 3. The Labute approximate surface area is 111 Å². The van der Waals surface area contributed by atoms with Crippen molar-refractivity contribution < 1.29 is 9.53 Å². The van der Waals surface area contributed by atoms with Crippen molar-refractivity contribution in [2.24, 2.45) is 5.11 Å². The second-order valence-electron chi connectivity index (χ2n) is 3.77. The van der Waals surface area contributed by atoms with Gasteiger partial charge in [0.15, 0.2) is 0 Å². The van der Waals surface area contributed by atoms with E-state index in [1.165, 1.54) is 0 Å². The van der Waals surface area contributed by atoms with Gasteiger partial charge in [-0.2, -0.15) is 0 Å². The van der Waals surface area contributed by atoms with Gasteiger partial charge in [0.1, 0.15) is 5.75 Å². The normalized spacial score (nSPS) is 9.32. The molecule has 19 heavy (non-hydrogen) atoms. The van der Waals surface area contributed by atoms with Crippen LogP contribution in [0.4, 0.5) is 10.5 Å². The van der Waals surface area contributed by atoms with Gasteiger partial charge in [0.25, 0.3) is 0 Å². The number of hydrogen-bond donors (Lipinski definition) is 2. The maximum Gasteiger partial charge on any atom is 0.319 e. The third-order valence-corrected chi connectivity index (χ3v) is 2.36. The molecule has 0 bridgehead atoms. The molecular weight excluding hydrogens is 246 g/mol. The standard InChI is InChI=1S/C12H17N5O2/c1-19-11-6-4-5-10(9-11)16-12(18)14-7-2-3-8-15-17-13/h4-6,9H,2-3,7-8H2,1H3,(H2,14,16,18). The predicted molar refractivity (Wildman–Crippen MR) is 73.3 cm³/mol. The average Bonchev–Trinajstić information content (AvgIpc) is 2.43. The van der Waals surface area contributed by atoms with E-state index in [1.54, 1.807) is 31.4 Å². The minimum Gasteiger partial charge on any atom is -0.497 e. The van der Waals surface area contributed by atoms with Crippen molar-refractivity contribution in [2.45, 2.75) is 12.8 Å². The van der Waals surface area contributed by atoms with Crippen molar-refractivity contribution in [1.82, 2.24) is 5.32 Å². The molecule has 0 radical (unpaired) electrons. The van der Waals surface area contributed by atoms with Gasteiger partial charge in [-0.05, 0) is 30.5 Å². The number of carbonyl (C=O) groups is 1. The highest BCUT2D eigenvalue weighted by Gasteiger charge is 2.01. The van der Waals surface area contributed by atoms with Gasteiger partial charge < -0.3 is 15.4 Å². The number of hydrogen-bond acceptors (Lipinski definition) is 3. The molecule has 1 aromatic rings. The molecule has 1 aromatic carbocycles. The third-order valence-electron chi connectivity index (χ3n) is 2.36. The molecule has 2 N–H and O–H groups in total. The molecule has 0 unspecified atom stereocenters. The summed E-state index contributed by atoms with van der Waals surface area (Å²) >= 11 is 0. The number of urea groups is 1. The Hall–Kier alpha value is -2.40. The first kappa shape index (κ1) is 14.7. The van der Waals surface area contributed by atoms with Crippen LogP contribution >= 0.6 is 0 Å². The second-order valence-corrected chi connectivity index (χ2v) is 3.77. The van der Waals surface area contributed by atoms with E-state index in [1.807, 2.05) is 0 Å². The number of ether oxygens (including phenoxy) is 1. The van der Waals surface area contributed by atoms with Gasteiger partial charge in [-0.3, -0.25) is 0 Å². The van der Waals surface area contributed by atoms with Crippen LogP contribution in [0.5, 0.6) is 5.75 Å². The number of benzene rings is 1. The van der Waals surface area contributed by atoms with E-state index < -0.39 is 0 Å². The lowest BCUT2D eigenvalue weighted by Crippen LogP contribution is -2.29. The SMILES string of the molecule is COc1cccc(NC(=O)NCCCCN=[N+]=[N-])c1. The summed E-state index contributed by atoms with van der Waals surface area (Å²) in [7, 11) is 1.57. The molecule has 0 aliphatic rings. The first-order valence-electron chi connectivity index (χ1n) is 5.96. The molecule has 102 valence electrons. The minimum atomic E-state index is -0.267. The molecule has 0 saturated carbocycles. The first-order valence-corrected chi connectivity index (χ1v) is 5.96. The molecule has 0 fully saturated rings. The van der Waals surface area contributed by atoms with Crippen LogP contribution in [-0.4, -0.2) is 26.2 Å². The molecule has 1 rings (SSSR count). The van der Waals surface area contributed by atoms with Crippen molar-refractivity contribution >= 4 is 11.7 Å². The van der Waals surface area contributed by atoms with E-state index in [-0.39, 0.29) is 6.03 Å². The average molecular weight is 263 g/mol. The van der Waals surface area contributed by atoms with Crippen molar-refractivity contribution in [1.29, 1.82) is 0 Å². The lowest BCUT2D eigenvalue weighted by atomic mass is 10.3. The lowest BCUT2D eigenvalue weighted by molar-refractivity contribution is 0.252. The Morgan fingerprint density at radius 2 is 2.32 bits per heavy atom. The van der Waals surface area contributed by atoms with Crippen LogP contribution in [0.25, 0.3) is 10.4 Å². The largest absolute Gasteiger partial charge is 0.497 e. The summed E-state index contributed by atoms with van der Waals surface area (Å²) in [5.41, 5.74) is 8.76. The van der Waals surface area contributed by atoms with Crippen LogP contribution in [0.3, 0.4) is 0 Å². The van der Waals surface area contributed by atoms with Crippen LogP contribution in [0, 0.1) is 0 Å². The van der Waals surface area contributed by atoms with E-state index in [0.717, 1.165) is 12.8 Å². The highest BCUT2D eigenvalue weighted by atomic mass is 16.5. The van der Waals surface area contributed by atoms with Gasteiger partial charge in [-0.15, -0.1) is 0 Å². The summed E-state index contributed by atoms with van der Waals surface area (Å²) in [6.45, 7) is 0.992. The Morgan fingerprint density at radius 1 is 1.47 bits per heavy atom. The fraction of sp³-hybridized carbons (Fsp3) is 0.417. The third kappa shape index (κ3) is 6.18. The van der Waals surface area contributed by atoms with Gasteiger partial charge in [0.05, 0.1) is 7.11 Å². The zero-order chi connectivity index (χ0) is 13.9. The summed E-state index contributed by atoms with van der Waals surface area (Å²) in [5, 5.41) is 8.84. The number of methoxy groups -OCH3 is 1. The minimum absolute atomic E-state index is 0.267. The summed E-state index contributed by atoms with van der Waals surface area (Å²) in [4.78, 5) is 14.2. The fourth-order valence-corrected chi connectivity index (χ4v) is 1.43. The number of carbonyl (C=O) groups excluding carboxylic acids is 1. The van der Waals surface area contributed by atoms with E-state index in [0.29, 0.717) is 24.5 Å². The molecule has 0 aromatic heterocycles. The van der Waals surface area contributed by atoms with Crippen LogP contribution < -0.4 is 15.4 Å². The Bertz CT molecular complexity index is 457. The van der Waals surface area contributed by atoms with Crippen molar-refractivity contribution in [3.05, 3.63) is 34.7 Å². The molecule has 0 atom stereocenters. The highest BCUT2D eigenvalue weighted by Crippen LogP contribution is 2.16. The van der Waals surface area contributed by atoms with Gasteiger partial charge in [0, 0.05) is 29.8 Å². The summed E-state index contributed by atoms with van der Waals surface area (Å²) < 4.78 is 5.06. The van der Waals surface area contributed by atoms with Crippen LogP contribution in [-0.2, 0) is 0 Å². The highest BCUT2D eigenvalue weighted by molar-refractivity contribution is 5.89. The van der Waals surface area contributed by atoms with Gasteiger partial charge in [-0.1, -0.05) is 11.2 Å². The molecule has 7 nitrogen and oxygen atoms in total. The Morgan fingerprint density at radius 3 is 3.05 bits per heavy atom. The molecular formula is C12H17N5O2. The van der Waals surface area contributed by atoms with Crippen LogP contribution in [0.15, 0.2) is 29.4 Å². The van der Waals surface area contributed by atoms with E-state index in [2.05, 4.69) is 20.7 Å². The summed E-state index contributed by atoms with van der Waals surface area (Å²) in [6, 6.07) is 6.86. The van der Waals surface area contributed by atoms with Gasteiger partial charge in [-0.25, -0.2) is 4.79 Å². The molecule has 0 aliphatic heterocycles. The number of rotatable bonds is 7. The van der Waals surface area contributed by atoms with Crippen molar-refractivity contribution in [3.63, 3.8) is 0 Å². The first-order chi connectivity index (χ1) is 9.26. The van der Waals surface area contributed by atoms with Crippen molar-refractivity contribution in [2.75, 3.05) is 25.5 Å². The van der Waals surface area contributed by atoms with E-state index in [9.17, 15) is 4.79 Å². The number of anilines is 1. The Balaban J connectivity index is 2.25.